The monoisotopic (exact) mass is 236 g/mol. The van der Waals surface area contributed by atoms with Gasteiger partial charge in [0.05, 0.1) is 0 Å². The Kier molecular flexibility index (Phi) is 5.32. The lowest BCUT2D eigenvalue weighted by atomic mass is 10.2. The van der Waals surface area contributed by atoms with E-state index in [9.17, 15) is 9.59 Å². The van der Waals surface area contributed by atoms with Gasteiger partial charge >= 0.3 is 5.97 Å². The molecule has 0 bridgehead atoms. The Labute approximate surface area is 99.7 Å². The van der Waals surface area contributed by atoms with E-state index in [1.807, 2.05) is 0 Å². The summed E-state index contributed by atoms with van der Waals surface area (Å²) in [5, 5.41) is 0. The molecule has 1 atom stereocenters. The summed E-state index contributed by atoms with van der Waals surface area (Å²) in [6.45, 7) is 0.495. The first-order valence-corrected chi connectivity index (χ1v) is 5.40. The van der Waals surface area contributed by atoms with Crippen molar-refractivity contribution in [1.29, 1.82) is 0 Å². The summed E-state index contributed by atoms with van der Waals surface area (Å²) < 4.78 is 5.05. The number of esters is 1. The molecule has 0 aliphatic heterocycles. The van der Waals surface area contributed by atoms with E-state index in [0.717, 1.165) is 6.29 Å². The lowest BCUT2D eigenvalue weighted by Crippen LogP contribution is -2.34. The Hall–Kier alpha value is -1.72. The van der Waals surface area contributed by atoms with Crippen molar-refractivity contribution in [2.45, 2.75) is 18.9 Å². The molecular formula is C12H16N2O3. The summed E-state index contributed by atoms with van der Waals surface area (Å²) in [6.07, 6.45) is 1.90. The Morgan fingerprint density at radius 3 is 2.53 bits per heavy atom. The number of carbonyl (C=O) groups excluding carboxylic acids is 2. The third kappa shape index (κ3) is 4.34. The van der Waals surface area contributed by atoms with Crippen LogP contribution in [0.2, 0.25) is 0 Å². The number of aldehydes is 1. The van der Waals surface area contributed by atoms with Gasteiger partial charge in [-0.15, -0.1) is 0 Å². The molecule has 0 spiro atoms. The molecule has 17 heavy (non-hydrogen) atoms. The van der Waals surface area contributed by atoms with Crippen LogP contribution in [-0.2, 0) is 4.79 Å². The highest BCUT2D eigenvalue weighted by Gasteiger charge is 2.15. The predicted octanol–water partition coefficient (Wildman–Crippen LogP) is 0.471. The molecule has 0 heterocycles. The number of carbonyl (C=O) groups is 2. The normalized spacial score (nSPS) is 11.9. The van der Waals surface area contributed by atoms with Crippen LogP contribution in [0.25, 0.3) is 0 Å². The van der Waals surface area contributed by atoms with Gasteiger partial charge in [0.15, 0.2) is 0 Å². The number of hydrogen-bond acceptors (Lipinski definition) is 5. The van der Waals surface area contributed by atoms with Crippen LogP contribution in [0, 0.1) is 0 Å². The van der Waals surface area contributed by atoms with E-state index in [4.69, 9.17) is 16.2 Å². The van der Waals surface area contributed by atoms with Crippen molar-refractivity contribution in [3.8, 4) is 5.75 Å². The first-order valence-electron chi connectivity index (χ1n) is 5.40. The van der Waals surface area contributed by atoms with Crippen LogP contribution in [0.15, 0.2) is 24.3 Å². The van der Waals surface area contributed by atoms with Crippen molar-refractivity contribution in [2.75, 3.05) is 6.54 Å². The molecule has 1 aromatic rings. The van der Waals surface area contributed by atoms with E-state index in [0.29, 0.717) is 30.7 Å². The summed E-state index contributed by atoms with van der Waals surface area (Å²) in [5.74, 6) is -0.110. The fourth-order valence-electron chi connectivity index (χ4n) is 1.26. The Bertz CT molecular complexity index is 376. The second kappa shape index (κ2) is 6.78. The van der Waals surface area contributed by atoms with E-state index in [1.54, 1.807) is 24.3 Å². The van der Waals surface area contributed by atoms with Crippen LogP contribution in [0.5, 0.6) is 5.75 Å². The summed E-state index contributed by atoms with van der Waals surface area (Å²) in [7, 11) is 0. The van der Waals surface area contributed by atoms with Gasteiger partial charge in [0.1, 0.15) is 18.1 Å². The predicted molar refractivity (Wildman–Crippen MR) is 63.7 cm³/mol. The van der Waals surface area contributed by atoms with Gasteiger partial charge in [-0.3, -0.25) is 4.79 Å². The molecule has 0 saturated heterocycles. The van der Waals surface area contributed by atoms with Gasteiger partial charge in [-0.2, -0.15) is 0 Å². The zero-order chi connectivity index (χ0) is 12.7. The smallest absolute Gasteiger partial charge is 0.328 e. The molecule has 0 unspecified atom stereocenters. The lowest BCUT2D eigenvalue weighted by Gasteiger charge is -2.10. The van der Waals surface area contributed by atoms with E-state index in [-0.39, 0.29) is 0 Å². The summed E-state index contributed by atoms with van der Waals surface area (Å²) in [4.78, 5) is 21.9. The maximum atomic E-state index is 11.5. The Morgan fingerprint density at radius 1 is 1.35 bits per heavy atom. The highest BCUT2D eigenvalue weighted by Crippen LogP contribution is 2.12. The number of benzene rings is 1. The number of hydrogen-bond donors (Lipinski definition) is 2. The molecule has 0 fully saturated rings. The second-order valence-electron chi connectivity index (χ2n) is 3.65. The largest absolute Gasteiger partial charge is 0.425 e. The third-order valence-corrected chi connectivity index (χ3v) is 2.26. The Balaban J connectivity index is 2.52. The molecule has 4 N–H and O–H groups in total. The molecule has 92 valence electrons. The average molecular weight is 236 g/mol. The highest BCUT2D eigenvalue weighted by molar-refractivity contribution is 5.78. The fraction of sp³-hybridized carbons (Fsp3) is 0.333. The second-order valence-corrected chi connectivity index (χ2v) is 3.65. The van der Waals surface area contributed by atoms with Crippen molar-refractivity contribution in [1.82, 2.24) is 0 Å². The van der Waals surface area contributed by atoms with Crippen LogP contribution in [0.1, 0.15) is 23.2 Å². The van der Waals surface area contributed by atoms with Gasteiger partial charge in [0.25, 0.3) is 0 Å². The maximum absolute atomic E-state index is 11.5. The van der Waals surface area contributed by atoms with Gasteiger partial charge in [-0.1, -0.05) is 0 Å². The first-order chi connectivity index (χ1) is 8.17. The summed E-state index contributed by atoms with van der Waals surface area (Å²) >= 11 is 0. The third-order valence-electron chi connectivity index (χ3n) is 2.26. The van der Waals surface area contributed by atoms with Crippen molar-refractivity contribution in [3.05, 3.63) is 29.8 Å². The minimum Gasteiger partial charge on any atom is -0.425 e. The highest BCUT2D eigenvalue weighted by atomic mass is 16.5. The quantitative estimate of drug-likeness (QED) is 0.425. The average Bonchev–Trinajstić information content (AvgIpc) is 2.36. The van der Waals surface area contributed by atoms with E-state index in [2.05, 4.69) is 0 Å². The molecule has 1 aromatic carbocycles. The summed E-state index contributed by atoms with van der Waals surface area (Å²) in [5.41, 5.74) is 11.5. The molecule has 5 nitrogen and oxygen atoms in total. The standard InChI is InChI=1S/C12H16N2O3/c13-7-1-2-11(14)12(16)17-10-5-3-9(8-15)4-6-10/h3-6,8,11H,1-2,7,13-14H2/t11-/m0/s1. The van der Waals surface area contributed by atoms with Gasteiger partial charge in [-0.25, -0.2) is 4.79 Å². The zero-order valence-electron chi connectivity index (χ0n) is 9.46. The van der Waals surface area contributed by atoms with Crippen LogP contribution in [0.4, 0.5) is 0 Å². The van der Waals surface area contributed by atoms with Crippen molar-refractivity contribution in [3.63, 3.8) is 0 Å². The van der Waals surface area contributed by atoms with E-state index in [1.165, 1.54) is 0 Å². The molecule has 0 saturated carbocycles. The Morgan fingerprint density at radius 2 is 2.00 bits per heavy atom. The van der Waals surface area contributed by atoms with Crippen LogP contribution >= 0.6 is 0 Å². The molecule has 0 aromatic heterocycles. The lowest BCUT2D eigenvalue weighted by molar-refractivity contribution is -0.136. The van der Waals surface area contributed by atoms with Crippen molar-refractivity contribution in [2.24, 2.45) is 11.5 Å². The summed E-state index contributed by atoms with van der Waals surface area (Å²) in [6, 6.07) is 5.58. The number of nitrogens with two attached hydrogens (primary N) is 2. The zero-order valence-corrected chi connectivity index (χ0v) is 9.46. The molecule has 0 aliphatic carbocycles. The number of rotatable bonds is 6. The van der Waals surface area contributed by atoms with Gasteiger partial charge in [-0.05, 0) is 43.7 Å². The molecule has 1 rings (SSSR count). The van der Waals surface area contributed by atoms with Gasteiger partial charge in [0.2, 0.25) is 0 Å². The molecule has 0 aliphatic rings. The van der Waals surface area contributed by atoms with Crippen molar-refractivity contribution >= 4 is 12.3 Å². The molecule has 0 amide bonds. The topological polar surface area (TPSA) is 95.4 Å². The number of ether oxygens (including phenoxy) is 1. The first kappa shape index (κ1) is 13.3. The molecule has 5 heteroatoms. The van der Waals surface area contributed by atoms with Crippen LogP contribution in [-0.4, -0.2) is 24.8 Å². The fourth-order valence-corrected chi connectivity index (χ4v) is 1.26. The van der Waals surface area contributed by atoms with Crippen molar-refractivity contribution < 1.29 is 14.3 Å². The SMILES string of the molecule is NCCC[C@H](N)C(=O)Oc1ccc(C=O)cc1. The minimum atomic E-state index is -0.663. The van der Waals surface area contributed by atoms with Gasteiger partial charge < -0.3 is 16.2 Å². The van der Waals surface area contributed by atoms with E-state index >= 15 is 0 Å². The minimum absolute atomic E-state index is 0.379. The van der Waals surface area contributed by atoms with Gasteiger partial charge in [0, 0.05) is 5.56 Å². The van der Waals surface area contributed by atoms with Crippen LogP contribution < -0.4 is 16.2 Å². The molecular weight excluding hydrogens is 220 g/mol. The van der Waals surface area contributed by atoms with E-state index < -0.39 is 12.0 Å². The molecule has 0 radical (unpaired) electrons. The van der Waals surface area contributed by atoms with Crippen LogP contribution in [0.3, 0.4) is 0 Å². The maximum Gasteiger partial charge on any atom is 0.328 e.